The minimum atomic E-state index is -0.208. The Morgan fingerprint density at radius 1 is 1.30 bits per heavy atom. The molecule has 0 saturated carbocycles. The zero-order valence-electron chi connectivity index (χ0n) is 11.5. The Morgan fingerprint density at radius 3 is 2.80 bits per heavy atom. The van der Waals surface area contributed by atoms with Gasteiger partial charge in [-0.25, -0.2) is 4.98 Å². The van der Waals surface area contributed by atoms with Crippen molar-refractivity contribution in [2.75, 3.05) is 5.32 Å². The van der Waals surface area contributed by atoms with E-state index >= 15 is 0 Å². The van der Waals surface area contributed by atoms with E-state index in [1.807, 2.05) is 20.0 Å². The van der Waals surface area contributed by atoms with Gasteiger partial charge in [-0.05, 0) is 13.0 Å². The summed E-state index contributed by atoms with van der Waals surface area (Å²) >= 11 is 0. The van der Waals surface area contributed by atoms with Crippen LogP contribution >= 0.6 is 0 Å². The molecule has 0 atom stereocenters. The SMILES string of the molecule is Cc1nn(C)c2ncc(NC(=O)c3cnn(C)c3)cc12. The lowest BCUT2D eigenvalue weighted by molar-refractivity contribution is 0.102. The van der Waals surface area contributed by atoms with E-state index in [9.17, 15) is 4.79 Å². The molecule has 0 radical (unpaired) electrons. The lowest BCUT2D eigenvalue weighted by atomic mass is 10.2. The molecule has 1 amide bonds. The Morgan fingerprint density at radius 2 is 2.10 bits per heavy atom. The van der Waals surface area contributed by atoms with Crippen LogP contribution in [0.2, 0.25) is 0 Å². The molecular weight excluding hydrogens is 256 g/mol. The quantitative estimate of drug-likeness (QED) is 0.760. The van der Waals surface area contributed by atoms with E-state index in [0.29, 0.717) is 11.3 Å². The van der Waals surface area contributed by atoms with Gasteiger partial charge in [-0.3, -0.25) is 14.2 Å². The minimum absolute atomic E-state index is 0.208. The minimum Gasteiger partial charge on any atom is -0.320 e. The highest BCUT2D eigenvalue weighted by Gasteiger charge is 2.11. The van der Waals surface area contributed by atoms with E-state index in [1.165, 1.54) is 6.20 Å². The summed E-state index contributed by atoms with van der Waals surface area (Å²) in [5, 5.41) is 12.0. The van der Waals surface area contributed by atoms with Crippen molar-refractivity contribution in [2.24, 2.45) is 14.1 Å². The third-order valence-corrected chi connectivity index (χ3v) is 3.09. The maximum absolute atomic E-state index is 12.0. The van der Waals surface area contributed by atoms with Crippen LogP contribution in [0.1, 0.15) is 16.1 Å². The topological polar surface area (TPSA) is 77.6 Å². The second-order valence-electron chi connectivity index (χ2n) is 4.66. The zero-order chi connectivity index (χ0) is 14.3. The highest BCUT2D eigenvalue weighted by Crippen LogP contribution is 2.19. The van der Waals surface area contributed by atoms with Crippen molar-refractivity contribution in [3.63, 3.8) is 0 Å². The second kappa shape index (κ2) is 4.44. The predicted octanol–water partition coefficient (Wildman–Crippen LogP) is 1.26. The number of rotatable bonds is 2. The van der Waals surface area contributed by atoms with Crippen LogP contribution in [0.25, 0.3) is 11.0 Å². The van der Waals surface area contributed by atoms with Crippen LogP contribution < -0.4 is 5.32 Å². The molecule has 102 valence electrons. The van der Waals surface area contributed by atoms with Crippen molar-refractivity contribution < 1.29 is 4.79 Å². The number of carbonyl (C=O) groups is 1. The van der Waals surface area contributed by atoms with Gasteiger partial charge in [0.25, 0.3) is 5.91 Å². The molecule has 0 aromatic carbocycles. The van der Waals surface area contributed by atoms with Gasteiger partial charge in [0, 0.05) is 25.7 Å². The van der Waals surface area contributed by atoms with E-state index in [2.05, 4.69) is 20.5 Å². The molecule has 0 aliphatic rings. The first-order valence-electron chi connectivity index (χ1n) is 6.14. The molecule has 0 bridgehead atoms. The number of nitrogens with zero attached hydrogens (tertiary/aromatic N) is 5. The Hall–Kier alpha value is -2.70. The molecule has 1 N–H and O–H groups in total. The number of nitrogens with one attached hydrogen (secondary N) is 1. The average molecular weight is 270 g/mol. The molecule has 0 spiro atoms. The maximum Gasteiger partial charge on any atom is 0.258 e. The summed E-state index contributed by atoms with van der Waals surface area (Å²) in [5.41, 5.74) is 2.83. The molecule has 3 heterocycles. The number of fused-ring (bicyclic) bond motifs is 1. The Labute approximate surface area is 115 Å². The smallest absolute Gasteiger partial charge is 0.258 e. The van der Waals surface area contributed by atoms with Crippen molar-refractivity contribution in [1.82, 2.24) is 24.5 Å². The molecule has 0 aliphatic carbocycles. The summed E-state index contributed by atoms with van der Waals surface area (Å²) in [6.45, 7) is 1.91. The lowest BCUT2D eigenvalue weighted by Crippen LogP contribution is -2.11. The van der Waals surface area contributed by atoms with Gasteiger partial charge in [0.1, 0.15) is 0 Å². The average Bonchev–Trinajstić information content (AvgIpc) is 2.95. The fraction of sp³-hybridized carbons (Fsp3) is 0.231. The number of pyridine rings is 1. The molecule has 0 fully saturated rings. The van der Waals surface area contributed by atoms with Gasteiger partial charge in [0.05, 0.1) is 29.3 Å². The summed E-state index contributed by atoms with van der Waals surface area (Å²) < 4.78 is 3.30. The van der Waals surface area contributed by atoms with Gasteiger partial charge in [0.2, 0.25) is 0 Å². The third-order valence-electron chi connectivity index (χ3n) is 3.09. The summed E-state index contributed by atoms with van der Waals surface area (Å²) in [7, 11) is 3.61. The lowest BCUT2D eigenvalue weighted by Gasteiger charge is -2.03. The summed E-state index contributed by atoms with van der Waals surface area (Å²) in [5.74, 6) is -0.208. The first-order valence-corrected chi connectivity index (χ1v) is 6.14. The van der Waals surface area contributed by atoms with Crippen LogP contribution in [0.15, 0.2) is 24.7 Å². The van der Waals surface area contributed by atoms with Gasteiger partial charge in [0.15, 0.2) is 5.65 Å². The largest absolute Gasteiger partial charge is 0.320 e. The number of hydrogen-bond donors (Lipinski definition) is 1. The molecule has 0 aliphatic heterocycles. The van der Waals surface area contributed by atoms with Crippen LogP contribution in [0, 0.1) is 6.92 Å². The van der Waals surface area contributed by atoms with Crippen molar-refractivity contribution in [2.45, 2.75) is 6.92 Å². The Bertz CT molecular complexity index is 800. The molecule has 7 nitrogen and oxygen atoms in total. The van der Waals surface area contributed by atoms with Gasteiger partial charge in [-0.1, -0.05) is 0 Å². The van der Waals surface area contributed by atoms with E-state index in [-0.39, 0.29) is 5.91 Å². The fourth-order valence-corrected chi connectivity index (χ4v) is 2.12. The van der Waals surface area contributed by atoms with E-state index < -0.39 is 0 Å². The van der Waals surface area contributed by atoms with Crippen LogP contribution in [0.3, 0.4) is 0 Å². The summed E-state index contributed by atoms with van der Waals surface area (Å²) in [4.78, 5) is 16.4. The van der Waals surface area contributed by atoms with E-state index in [0.717, 1.165) is 16.7 Å². The fourth-order valence-electron chi connectivity index (χ4n) is 2.12. The van der Waals surface area contributed by atoms with Gasteiger partial charge < -0.3 is 5.32 Å². The van der Waals surface area contributed by atoms with E-state index in [4.69, 9.17) is 0 Å². The first kappa shape index (κ1) is 12.3. The number of amides is 1. The number of anilines is 1. The van der Waals surface area contributed by atoms with Crippen LogP contribution in [-0.2, 0) is 14.1 Å². The molecule has 20 heavy (non-hydrogen) atoms. The van der Waals surface area contributed by atoms with Crippen molar-refractivity contribution in [1.29, 1.82) is 0 Å². The highest BCUT2D eigenvalue weighted by molar-refractivity contribution is 6.04. The number of aryl methyl sites for hydroxylation is 3. The standard InChI is InChI=1S/C13H14N6O/c1-8-11-4-10(6-14-12(11)19(3)17-8)16-13(20)9-5-15-18(2)7-9/h4-7H,1-3H3,(H,16,20). The van der Waals surface area contributed by atoms with Crippen LogP contribution in [0.4, 0.5) is 5.69 Å². The molecule has 3 aromatic heterocycles. The zero-order valence-corrected chi connectivity index (χ0v) is 11.5. The predicted molar refractivity (Wildman–Crippen MR) is 74.4 cm³/mol. The molecule has 3 rings (SSSR count). The third kappa shape index (κ3) is 2.03. The monoisotopic (exact) mass is 270 g/mol. The van der Waals surface area contributed by atoms with Gasteiger partial charge >= 0.3 is 0 Å². The molecule has 0 saturated heterocycles. The second-order valence-corrected chi connectivity index (χ2v) is 4.66. The summed E-state index contributed by atoms with van der Waals surface area (Å²) in [6, 6.07) is 1.87. The molecule has 3 aromatic rings. The highest BCUT2D eigenvalue weighted by atomic mass is 16.1. The maximum atomic E-state index is 12.0. The number of aromatic nitrogens is 5. The number of carbonyl (C=O) groups excluding carboxylic acids is 1. The first-order chi connectivity index (χ1) is 9.54. The van der Waals surface area contributed by atoms with Crippen LogP contribution in [-0.4, -0.2) is 30.5 Å². The van der Waals surface area contributed by atoms with Gasteiger partial charge in [-0.2, -0.15) is 10.2 Å². The van der Waals surface area contributed by atoms with Crippen molar-refractivity contribution >= 4 is 22.6 Å². The number of hydrogen-bond acceptors (Lipinski definition) is 4. The normalized spacial score (nSPS) is 10.9. The molecule has 0 unspecified atom stereocenters. The summed E-state index contributed by atoms with van der Waals surface area (Å²) in [6.07, 6.45) is 4.81. The Kier molecular flexibility index (Phi) is 2.74. The Balaban J connectivity index is 1.91. The van der Waals surface area contributed by atoms with Crippen molar-refractivity contribution in [3.05, 3.63) is 35.9 Å². The molecule has 7 heteroatoms. The molecular formula is C13H14N6O. The van der Waals surface area contributed by atoms with E-state index in [1.54, 1.807) is 28.8 Å². The van der Waals surface area contributed by atoms with Crippen molar-refractivity contribution in [3.8, 4) is 0 Å². The van der Waals surface area contributed by atoms with Crippen LogP contribution in [0.5, 0.6) is 0 Å². The van der Waals surface area contributed by atoms with Gasteiger partial charge in [-0.15, -0.1) is 0 Å².